The van der Waals surface area contributed by atoms with Crippen LogP contribution in [-0.4, -0.2) is 61.0 Å². The SMILES string of the molecule is O=C(Nc1ccc(N2CCC2=O)cc1)N1CCC(CN2CCCCC2)C1. The topological polar surface area (TPSA) is 55.9 Å². The molecule has 1 unspecified atom stereocenters. The first-order valence-corrected chi connectivity index (χ1v) is 9.88. The van der Waals surface area contributed by atoms with Gasteiger partial charge in [-0.05, 0) is 62.5 Å². The minimum Gasteiger partial charge on any atom is -0.324 e. The number of urea groups is 1. The molecule has 140 valence electrons. The first kappa shape index (κ1) is 17.3. The summed E-state index contributed by atoms with van der Waals surface area (Å²) in [5, 5.41) is 2.99. The lowest BCUT2D eigenvalue weighted by Crippen LogP contribution is -2.43. The van der Waals surface area contributed by atoms with Gasteiger partial charge in [0.2, 0.25) is 5.91 Å². The van der Waals surface area contributed by atoms with Gasteiger partial charge < -0.3 is 20.0 Å². The van der Waals surface area contributed by atoms with E-state index in [1.807, 2.05) is 29.2 Å². The summed E-state index contributed by atoms with van der Waals surface area (Å²) in [6, 6.07) is 7.53. The van der Waals surface area contributed by atoms with Crippen LogP contribution in [0.25, 0.3) is 0 Å². The zero-order valence-corrected chi connectivity index (χ0v) is 15.3. The predicted octanol–water partition coefficient (Wildman–Crippen LogP) is 2.76. The molecule has 3 amide bonds. The first-order chi connectivity index (χ1) is 12.7. The van der Waals surface area contributed by atoms with Crippen molar-refractivity contribution >= 4 is 23.3 Å². The van der Waals surface area contributed by atoms with Crippen LogP contribution < -0.4 is 10.2 Å². The number of nitrogens with zero attached hydrogens (tertiary/aromatic N) is 3. The summed E-state index contributed by atoms with van der Waals surface area (Å²) in [7, 11) is 0. The van der Waals surface area contributed by atoms with Crippen molar-refractivity contribution in [2.45, 2.75) is 32.1 Å². The van der Waals surface area contributed by atoms with Crippen LogP contribution in [0.15, 0.2) is 24.3 Å². The Labute approximate surface area is 155 Å². The van der Waals surface area contributed by atoms with Crippen molar-refractivity contribution in [2.75, 3.05) is 49.5 Å². The summed E-state index contributed by atoms with van der Waals surface area (Å²) in [6.45, 7) is 6.04. The van der Waals surface area contributed by atoms with Gasteiger partial charge >= 0.3 is 6.03 Å². The molecule has 1 N–H and O–H groups in total. The van der Waals surface area contributed by atoms with Gasteiger partial charge in [0.1, 0.15) is 0 Å². The molecule has 0 radical (unpaired) electrons. The number of benzene rings is 1. The molecule has 3 heterocycles. The smallest absolute Gasteiger partial charge is 0.321 e. The van der Waals surface area contributed by atoms with Gasteiger partial charge in [-0.3, -0.25) is 4.79 Å². The number of carbonyl (C=O) groups is 2. The predicted molar refractivity (Wildman–Crippen MR) is 102 cm³/mol. The maximum atomic E-state index is 12.5. The molecular weight excluding hydrogens is 328 g/mol. The molecule has 3 aliphatic heterocycles. The fraction of sp³-hybridized carbons (Fsp3) is 0.600. The lowest BCUT2D eigenvalue weighted by atomic mass is 10.1. The highest BCUT2D eigenvalue weighted by atomic mass is 16.2. The molecule has 0 saturated carbocycles. The molecule has 1 aromatic rings. The second kappa shape index (κ2) is 7.66. The molecule has 0 aromatic heterocycles. The normalized spacial score (nSPS) is 23.8. The van der Waals surface area contributed by atoms with Gasteiger partial charge in [-0.1, -0.05) is 6.42 Å². The summed E-state index contributed by atoms with van der Waals surface area (Å²) in [6.07, 6.45) is 5.72. The highest BCUT2D eigenvalue weighted by Gasteiger charge is 2.28. The van der Waals surface area contributed by atoms with E-state index in [1.165, 1.54) is 32.4 Å². The van der Waals surface area contributed by atoms with Crippen molar-refractivity contribution < 1.29 is 9.59 Å². The van der Waals surface area contributed by atoms with Gasteiger partial charge in [0, 0.05) is 44.0 Å². The lowest BCUT2D eigenvalue weighted by Gasteiger charge is -2.30. The molecular formula is C20H28N4O2. The summed E-state index contributed by atoms with van der Waals surface area (Å²) in [4.78, 5) is 30.3. The molecule has 6 nitrogen and oxygen atoms in total. The highest BCUT2D eigenvalue weighted by Crippen LogP contribution is 2.24. The third-order valence-corrected chi connectivity index (χ3v) is 5.82. The lowest BCUT2D eigenvalue weighted by molar-refractivity contribution is -0.122. The summed E-state index contributed by atoms with van der Waals surface area (Å²) in [5.41, 5.74) is 1.69. The van der Waals surface area contributed by atoms with Gasteiger partial charge in [0.15, 0.2) is 0 Å². The Morgan fingerprint density at radius 2 is 1.81 bits per heavy atom. The van der Waals surface area contributed by atoms with Crippen LogP contribution in [0.3, 0.4) is 0 Å². The molecule has 3 fully saturated rings. The standard InChI is InChI=1S/C20H28N4O2/c25-19-9-13-24(19)18-6-4-17(5-7-18)21-20(26)23-12-8-16(15-23)14-22-10-2-1-3-11-22/h4-7,16H,1-3,8-15H2,(H,21,26). The van der Waals surface area contributed by atoms with Crippen LogP contribution >= 0.6 is 0 Å². The minimum absolute atomic E-state index is 0.0149. The third kappa shape index (κ3) is 3.85. The molecule has 0 aliphatic carbocycles. The largest absolute Gasteiger partial charge is 0.324 e. The Bertz CT molecular complexity index is 654. The fourth-order valence-corrected chi connectivity index (χ4v) is 4.19. The zero-order chi connectivity index (χ0) is 17.9. The van der Waals surface area contributed by atoms with E-state index in [0.717, 1.165) is 44.0 Å². The van der Waals surface area contributed by atoms with Crippen molar-refractivity contribution in [1.82, 2.24) is 9.80 Å². The summed E-state index contributed by atoms with van der Waals surface area (Å²) >= 11 is 0. The number of β-lactam (4-membered cyclic amide) rings is 1. The zero-order valence-electron chi connectivity index (χ0n) is 15.3. The van der Waals surface area contributed by atoms with Crippen molar-refractivity contribution in [1.29, 1.82) is 0 Å². The molecule has 0 bridgehead atoms. The number of piperidine rings is 1. The van der Waals surface area contributed by atoms with Crippen molar-refractivity contribution in [3.05, 3.63) is 24.3 Å². The molecule has 26 heavy (non-hydrogen) atoms. The molecule has 0 spiro atoms. The van der Waals surface area contributed by atoms with E-state index in [2.05, 4.69) is 10.2 Å². The Morgan fingerprint density at radius 3 is 2.46 bits per heavy atom. The molecule has 4 rings (SSSR count). The second-order valence-corrected chi connectivity index (χ2v) is 7.73. The quantitative estimate of drug-likeness (QED) is 0.844. The Morgan fingerprint density at radius 1 is 1.04 bits per heavy atom. The van der Waals surface area contributed by atoms with Gasteiger partial charge in [0.05, 0.1) is 0 Å². The Hall–Kier alpha value is -2.08. The van der Waals surface area contributed by atoms with E-state index in [9.17, 15) is 9.59 Å². The third-order valence-electron chi connectivity index (χ3n) is 5.82. The fourth-order valence-electron chi connectivity index (χ4n) is 4.19. The van der Waals surface area contributed by atoms with E-state index >= 15 is 0 Å². The van der Waals surface area contributed by atoms with Crippen LogP contribution in [0.1, 0.15) is 32.1 Å². The Kier molecular flexibility index (Phi) is 5.11. The number of hydrogen-bond acceptors (Lipinski definition) is 3. The molecule has 1 aromatic carbocycles. The van der Waals surface area contributed by atoms with Crippen LogP contribution in [0.4, 0.5) is 16.2 Å². The summed E-state index contributed by atoms with van der Waals surface area (Å²) in [5.74, 6) is 0.761. The van der Waals surface area contributed by atoms with Crippen LogP contribution in [0, 0.1) is 5.92 Å². The Balaban J connectivity index is 1.26. The van der Waals surface area contributed by atoms with Crippen molar-refractivity contribution in [3.63, 3.8) is 0 Å². The van der Waals surface area contributed by atoms with Crippen LogP contribution in [-0.2, 0) is 4.79 Å². The maximum absolute atomic E-state index is 12.5. The molecule has 1 atom stereocenters. The van der Waals surface area contributed by atoms with Gasteiger partial charge in [-0.25, -0.2) is 4.79 Å². The van der Waals surface area contributed by atoms with Crippen LogP contribution in [0.5, 0.6) is 0 Å². The average Bonchev–Trinajstić information content (AvgIpc) is 3.11. The number of anilines is 2. The second-order valence-electron chi connectivity index (χ2n) is 7.73. The van der Waals surface area contributed by atoms with E-state index < -0.39 is 0 Å². The number of likely N-dealkylation sites (tertiary alicyclic amines) is 2. The monoisotopic (exact) mass is 356 g/mol. The van der Waals surface area contributed by atoms with Crippen molar-refractivity contribution in [2.24, 2.45) is 5.92 Å². The van der Waals surface area contributed by atoms with Gasteiger partial charge in [0.25, 0.3) is 0 Å². The van der Waals surface area contributed by atoms with E-state index in [4.69, 9.17) is 0 Å². The van der Waals surface area contributed by atoms with Gasteiger partial charge in [-0.2, -0.15) is 0 Å². The number of rotatable bonds is 4. The first-order valence-electron chi connectivity index (χ1n) is 9.88. The molecule has 3 saturated heterocycles. The maximum Gasteiger partial charge on any atom is 0.321 e. The number of nitrogens with one attached hydrogen (secondary N) is 1. The summed E-state index contributed by atoms with van der Waals surface area (Å²) < 4.78 is 0. The number of carbonyl (C=O) groups excluding carboxylic acids is 2. The molecule has 3 aliphatic rings. The van der Waals surface area contributed by atoms with E-state index in [0.29, 0.717) is 12.3 Å². The van der Waals surface area contributed by atoms with E-state index in [-0.39, 0.29) is 11.9 Å². The van der Waals surface area contributed by atoms with Crippen molar-refractivity contribution in [3.8, 4) is 0 Å². The number of amides is 3. The number of hydrogen-bond donors (Lipinski definition) is 1. The molecule has 6 heteroatoms. The van der Waals surface area contributed by atoms with Crippen LogP contribution in [0.2, 0.25) is 0 Å². The highest BCUT2D eigenvalue weighted by molar-refractivity contribution is 5.99. The van der Waals surface area contributed by atoms with Gasteiger partial charge in [-0.15, -0.1) is 0 Å². The average molecular weight is 356 g/mol. The van der Waals surface area contributed by atoms with E-state index in [1.54, 1.807) is 4.90 Å². The minimum atomic E-state index is -0.0149.